The quantitative estimate of drug-likeness (QED) is 0.0934. The van der Waals surface area contributed by atoms with Gasteiger partial charge in [0.25, 0.3) is 18.7 Å². The first kappa shape index (κ1) is 30.3. The molecule has 4 N–H and O–H groups in total. The molecular formula is C21H27ClFN9O5S2. The Morgan fingerprint density at radius 2 is 2.13 bits per heavy atom. The first-order valence-electron chi connectivity index (χ1n) is 11.5. The summed E-state index contributed by atoms with van der Waals surface area (Å²) in [5.41, 5.74) is 5.27. The van der Waals surface area contributed by atoms with Crippen LogP contribution in [0.2, 0.25) is 0 Å². The second-order valence-electron chi connectivity index (χ2n) is 8.97. The molecule has 0 saturated carbocycles. The highest BCUT2D eigenvalue weighted by molar-refractivity contribution is 8.00. The molecule has 212 valence electrons. The molecule has 0 aromatic carbocycles. The number of hydrogen-bond donors (Lipinski definition) is 3. The molecule has 0 radical (unpaired) electrons. The van der Waals surface area contributed by atoms with Crippen molar-refractivity contribution in [3.8, 4) is 0 Å². The van der Waals surface area contributed by atoms with E-state index in [9.17, 15) is 23.9 Å². The van der Waals surface area contributed by atoms with Gasteiger partial charge in [0, 0.05) is 17.3 Å². The summed E-state index contributed by atoms with van der Waals surface area (Å²) in [4.78, 5) is 49.0. The third-order valence-electron chi connectivity index (χ3n) is 6.45. The van der Waals surface area contributed by atoms with E-state index in [4.69, 9.17) is 11.1 Å². The molecule has 39 heavy (non-hydrogen) atoms. The number of nitrogens with one attached hydrogen (secondary N) is 2. The van der Waals surface area contributed by atoms with Crippen LogP contribution in [0.4, 0.5) is 9.52 Å². The number of rotatable bonds is 10. The van der Waals surface area contributed by atoms with E-state index in [1.54, 1.807) is 6.08 Å². The fourth-order valence-electron chi connectivity index (χ4n) is 4.30. The molecule has 4 heterocycles. The standard InChI is InChI=1S/C21H26FN9O5S2.ClH/c1-31(7-4-29(11-23)5-8-31)6-2-3-12-9-37-19-14(18(33)30(19)15(12)20(34)35)25-17(32)13(27-36-10-22)16-26-21(24)38-28-16;/h2-3,11,14,19,23H,4-10H2,1H3,(H3-,24,25,26,28,32,34,35);1H/b3-2+,23-11?,27-13-;/t14-,19+;/m1./s1. The average Bonchev–Trinajstić information content (AvgIpc) is 3.33. The van der Waals surface area contributed by atoms with Crippen LogP contribution >= 0.6 is 35.7 Å². The molecule has 3 aliphatic heterocycles. The largest absolute Gasteiger partial charge is 0.543 e. The molecule has 2 fully saturated rings. The molecule has 2 amide bonds. The Bertz CT molecular complexity index is 1220. The van der Waals surface area contributed by atoms with Gasteiger partial charge < -0.3 is 35.2 Å². The van der Waals surface area contributed by atoms with Crippen LogP contribution in [-0.4, -0.2) is 117 Å². The molecule has 14 nitrogen and oxygen atoms in total. The number of thioether (sulfide) groups is 1. The highest BCUT2D eigenvalue weighted by Gasteiger charge is 2.53. The van der Waals surface area contributed by atoms with Crippen LogP contribution in [0.5, 0.6) is 0 Å². The van der Waals surface area contributed by atoms with Gasteiger partial charge in [-0.1, -0.05) is 11.2 Å². The molecule has 1 aromatic rings. The van der Waals surface area contributed by atoms with Crippen molar-refractivity contribution in [3.63, 3.8) is 0 Å². The van der Waals surface area contributed by atoms with Crippen LogP contribution in [0, 0.1) is 5.41 Å². The number of likely N-dealkylation sites (N-methyl/N-ethyl adjacent to an activating group) is 1. The highest BCUT2D eigenvalue weighted by atomic mass is 35.5. The minimum Gasteiger partial charge on any atom is -0.543 e. The molecule has 1 aromatic heterocycles. The zero-order valence-electron chi connectivity index (χ0n) is 20.7. The predicted octanol–water partition coefficient (Wildman–Crippen LogP) is -1.48. The fourth-order valence-corrected chi connectivity index (χ4v) is 6.05. The lowest BCUT2D eigenvalue weighted by molar-refractivity contribution is -0.907. The van der Waals surface area contributed by atoms with Gasteiger partial charge in [0.05, 0.1) is 57.8 Å². The van der Waals surface area contributed by atoms with E-state index >= 15 is 0 Å². The van der Waals surface area contributed by atoms with Gasteiger partial charge in [0.15, 0.2) is 5.13 Å². The SMILES string of the molecule is C[N+]1(C/C=C/C2=C(C(=O)[O-])N3C(=O)[C@@H](NC(=O)/C(=N\OCF)c4nsc(N)n4)[C@@H]3SC2)CCN(C=N)CC1.Cl. The van der Waals surface area contributed by atoms with Gasteiger partial charge in [-0.15, -0.1) is 24.2 Å². The van der Waals surface area contributed by atoms with Gasteiger partial charge in [0.2, 0.25) is 11.5 Å². The summed E-state index contributed by atoms with van der Waals surface area (Å²) in [6, 6.07) is -1.06. The summed E-state index contributed by atoms with van der Waals surface area (Å²) in [5.74, 6) is -2.95. The van der Waals surface area contributed by atoms with Crippen molar-refractivity contribution in [3.05, 3.63) is 29.2 Å². The maximum Gasteiger partial charge on any atom is 0.278 e. The van der Waals surface area contributed by atoms with Gasteiger partial charge in [-0.25, -0.2) is 4.39 Å². The van der Waals surface area contributed by atoms with E-state index in [0.717, 1.165) is 47.1 Å². The number of allylic oxidation sites excluding steroid dienone is 1. The monoisotopic (exact) mass is 603 g/mol. The maximum absolute atomic E-state index is 12.9. The van der Waals surface area contributed by atoms with E-state index in [1.807, 2.05) is 11.0 Å². The highest BCUT2D eigenvalue weighted by Crippen LogP contribution is 2.40. The van der Waals surface area contributed by atoms with Gasteiger partial charge in [-0.2, -0.15) is 9.36 Å². The summed E-state index contributed by atoms with van der Waals surface area (Å²) < 4.78 is 17.1. The Balaban J connectivity index is 0.00000420. The number of carboxylic acids is 1. The molecule has 4 rings (SSSR count). The number of nitrogens with zero attached hydrogens (tertiary/aromatic N) is 6. The lowest BCUT2D eigenvalue weighted by atomic mass is 10.0. The topological polar surface area (TPSA) is 190 Å². The number of alkyl halides is 1. The number of aromatic nitrogens is 2. The third kappa shape index (κ3) is 6.48. The minimum absolute atomic E-state index is 0. The molecule has 0 spiro atoms. The molecule has 2 atom stereocenters. The number of nitrogens with two attached hydrogens (primary N) is 1. The second kappa shape index (κ2) is 12.7. The number of piperazine rings is 1. The molecule has 0 aliphatic carbocycles. The summed E-state index contributed by atoms with van der Waals surface area (Å²) in [6.45, 7) is 2.59. The van der Waals surface area contributed by atoms with E-state index in [2.05, 4.69) is 31.7 Å². The van der Waals surface area contributed by atoms with Crippen molar-refractivity contribution >= 4 is 70.7 Å². The molecule has 3 aliphatic rings. The third-order valence-corrected chi connectivity index (χ3v) is 8.30. The van der Waals surface area contributed by atoms with Gasteiger partial charge in [0.1, 0.15) is 11.4 Å². The van der Waals surface area contributed by atoms with Crippen LogP contribution in [0.1, 0.15) is 5.82 Å². The summed E-state index contributed by atoms with van der Waals surface area (Å²) in [5, 5.41) is 24.6. The number of β-lactam (4-membered cyclic amide) rings is 1. The van der Waals surface area contributed by atoms with Crippen molar-refractivity contribution in [2.24, 2.45) is 5.16 Å². The lowest BCUT2D eigenvalue weighted by Crippen LogP contribution is -2.71. The number of amides is 2. The maximum atomic E-state index is 12.9. The normalized spacial score (nSPS) is 22.6. The van der Waals surface area contributed by atoms with Crippen molar-refractivity contribution in [1.82, 2.24) is 24.5 Å². The number of fused-ring (bicyclic) bond motifs is 1. The number of carbonyl (C=O) groups is 3. The van der Waals surface area contributed by atoms with E-state index < -0.39 is 41.8 Å². The number of aliphatic carboxylic acids is 1. The predicted molar refractivity (Wildman–Crippen MR) is 143 cm³/mol. The molecule has 2 saturated heterocycles. The molecule has 0 bridgehead atoms. The molecule has 18 heteroatoms. The Hall–Kier alpha value is -3.28. The molecule has 0 unspecified atom stereocenters. The first-order valence-corrected chi connectivity index (χ1v) is 13.3. The molecular weight excluding hydrogens is 577 g/mol. The summed E-state index contributed by atoms with van der Waals surface area (Å²) >= 11 is 2.08. The van der Waals surface area contributed by atoms with E-state index in [0.29, 0.717) is 12.1 Å². The van der Waals surface area contributed by atoms with Crippen LogP contribution in [-0.2, 0) is 19.2 Å². The van der Waals surface area contributed by atoms with Crippen LogP contribution in [0.25, 0.3) is 0 Å². The number of carboxylic acid groups (broad SMARTS) is 1. The zero-order valence-corrected chi connectivity index (χ0v) is 23.2. The Morgan fingerprint density at radius 1 is 1.41 bits per heavy atom. The number of anilines is 1. The van der Waals surface area contributed by atoms with Crippen LogP contribution in [0.3, 0.4) is 0 Å². The summed E-state index contributed by atoms with van der Waals surface area (Å²) in [6.07, 6.45) is 4.93. The Labute approximate surface area is 237 Å². The average molecular weight is 604 g/mol. The van der Waals surface area contributed by atoms with E-state index in [-0.39, 0.29) is 34.8 Å². The van der Waals surface area contributed by atoms with Gasteiger partial charge in [-0.3, -0.25) is 19.9 Å². The number of carbonyl (C=O) groups excluding carboxylic acids is 3. The number of oxime groups is 1. The van der Waals surface area contributed by atoms with Crippen molar-refractivity contribution in [2.45, 2.75) is 11.4 Å². The first-order chi connectivity index (χ1) is 18.2. The zero-order chi connectivity index (χ0) is 27.4. The van der Waals surface area contributed by atoms with Gasteiger partial charge in [-0.05, 0) is 11.6 Å². The lowest BCUT2D eigenvalue weighted by Gasteiger charge is -2.50. The van der Waals surface area contributed by atoms with Crippen molar-refractivity contribution < 1.29 is 33.2 Å². The number of quaternary nitrogens is 1. The summed E-state index contributed by atoms with van der Waals surface area (Å²) in [7, 11) is 2.10. The smallest absolute Gasteiger partial charge is 0.278 e. The fraction of sp³-hybridized carbons (Fsp3) is 0.476. The van der Waals surface area contributed by atoms with Crippen molar-refractivity contribution in [1.29, 1.82) is 5.41 Å². The number of nitrogen functional groups attached to an aromatic ring is 1. The minimum atomic E-state index is -1.49. The second-order valence-corrected chi connectivity index (χ2v) is 10.9. The van der Waals surface area contributed by atoms with Crippen molar-refractivity contribution in [2.75, 3.05) is 58.1 Å². The van der Waals surface area contributed by atoms with E-state index in [1.165, 1.54) is 18.1 Å². The Kier molecular flexibility index (Phi) is 9.87. The number of halogens is 2. The van der Waals surface area contributed by atoms with Gasteiger partial charge >= 0.3 is 0 Å². The Morgan fingerprint density at radius 3 is 2.72 bits per heavy atom. The number of hydrogen-bond acceptors (Lipinski definition) is 12. The van der Waals surface area contributed by atoms with Crippen LogP contribution in [0.15, 0.2) is 28.6 Å². The van der Waals surface area contributed by atoms with Crippen LogP contribution < -0.4 is 16.2 Å².